The van der Waals surface area contributed by atoms with Crippen LogP contribution < -0.4 is 4.90 Å². The topological polar surface area (TPSA) is 49.6 Å². The second kappa shape index (κ2) is 7.15. The van der Waals surface area contributed by atoms with E-state index >= 15 is 0 Å². The van der Waals surface area contributed by atoms with Gasteiger partial charge in [0.1, 0.15) is 10.8 Å². The standard InChI is InChI=1S/C20H24N6S/c1-5-19(22-8-15(3)24-7-6-14(2)10-24)26-11-17-16(4)25(12-18(17)23-26)20-9-21-13-27-20/h5,8-9,11,13-14H,3-4,6-7,10,12H2,1-2H3/b19-5+,22-8-/t14-/m0/s1. The molecule has 2 aromatic heterocycles. The first kappa shape index (κ1) is 17.7. The Morgan fingerprint density at radius 3 is 2.93 bits per heavy atom. The third kappa shape index (κ3) is 3.35. The zero-order valence-electron chi connectivity index (χ0n) is 15.8. The third-order valence-electron chi connectivity index (χ3n) is 5.09. The second-order valence-corrected chi connectivity index (χ2v) is 7.91. The molecule has 0 spiro atoms. The molecule has 4 rings (SSSR count). The number of hydrogen-bond donors (Lipinski definition) is 0. The zero-order valence-corrected chi connectivity index (χ0v) is 16.6. The van der Waals surface area contributed by atoms with Crippen LogP contribution in [0.1, 0.15) is 31.5 Å². The lowest BCUT2D eigenvalue weighted by molar-refractivity contribution is 0.433. The number of rotatable bonds is 5. The Kier molecular flexibility index (Phi) is 4.70. The fourth-order valence-electron chi connectivity index (χ4n) is 3.51. The summed E-state index contributed by atoms with van der Waals surface area (Å²) in [5.41, 5.74) is 5.81. The molecule has 7 heteroatoms. The smallest absolute Gasteiger partial charge is 0.149 e. The van der Waals surface area contributed by atoms with Crippen LogP contribution in [0.2, 0.25) is 0 Å². The SMILES string of the molecule is C=C(/C=N\C(=C/C)n1cc2c(n1)CN(c1cncs1)C2=C)N1CC[C@H](C)C1. The van der Waals surface area contributed by atoms with Crippen molar-refractivity contribution in [1.29, 1.82) is 0 Å². The van der Waals surface area contributed by atoms with E-state index in [0.717, 1.165) is 52.5 Å². The van der Waals surface area contributed by atoms with Crippen molar-refractivity contribution in [3.8, 4) is 0 Å². The van der Waals surface area contributed by atoms with Gasteiger partial charge in [-0.2, -0.15) is 5.10 Å². The van der Waals surface area contributed by atoms with Gasteiger partial charge in [0, 0.05) is 36.2 Å². The number of aromatic nitrogens is 3. The lowest BCUT2D eigenvalue weighted by atomic mass is 10.2. The Morgan fingerprint density at radius 1 is 1.44 bits per heavy atom. The molecule has 6 nitrogen and oxygen atoms in total. The van der Waals surface area contributed by atoms with Gasteiger partial charge in [0.05, 0.1) is 30.2 Å². The molecule has 0 aromatic carbocycles. The van der Waals surface area contributed by atoms with Crippen molar-refractivity contribution >= 4 is 34.1 Å². The zero-order chi connectivity index (χ0) is 19.0. The maximum absolute atomic E-state index is 4.73. The van der Waals surface area contributed by atoms with Gasteiger partial charge in [0.25, 0.3) is 0 Å². The van der Waals surface area contributed by atoms with Gasteiger partial charge in [0.2, 0.25) is 0 Å². The third-order valence-corrected chi connectivity index (χ3v) is 5.88. The highest BCUT2D eigenvalue weighted by Gasteiger charge is 2.28. The van der Waals surface area contributed by atoms with Crippen molar-refractivity contribution in [2.45, 2.75) is 26.8 Å². The minimum Gasteiger partial charge on any atom is -0.370 e. The highest BCUT2D eigenvalue weighted by molar-refractivity contribution is 7.13. The van der Waals surface area contributed by atoms with Gasteiger partial charge in [-0.3, -0.25) is 4.98 Å². The minimum absolute atomic E-state index is 0.711. The molecule has 2 aliphatic rings. The van der Waals surface area contributed by atoms with E-state index in [4.69, 9.17) is 5.10 Å². The quantitative estimate of drug-likeness (QED) is 0.734. The second-order valence-electron chi connectivity index (χ2n) is 7.04. The first-order chi connectivity index (χ1) is 13.1. The maximum Gasteiger partial charge on any atom is 0.149 e. The van der Waals surface area contributed by atoms with Crippen LogP contribution in [0.15, 0.2) is 47.8 Å². The molecule has 0 N–H and O–H groups in total. The molecule has 1 fully saturated rings. The fraction of sp³-hybridized carbons (Fsp3) is 0.350. The number of allylic oxidation sites excluding steroid dienone is 2. The molecule has 140 valence electrons. The Bertz CT molecular complexity index is 920. The van der Waals surface area contributed by atoms with Crippen LogP contribution in [-0.2, 0) is 6.54 Å². The molecule has 0 unspecified atom stereocenters. The van der Waals surface area contributed by atoms with Crippen LogP contribution in [0.3, 0.4) is 0 Å². The van der Waals surface area contributed by atoms with E-state index in [1.165, 1.54) is 6.42 Å². The Balaban J connectivity index is 1.49. The molecule has 0 radical (unpaired) electrons. The van der Waals surface area contributed by atoms with Gasteiger partial charge in [0.15, 0.2) is 0 Å². The summed E-state index contributed by atoms with van der Waals surface area (Å²) < 4.78 is 1.83. The molecule has 0 bridgehead atoms. The molecule has 0 saturated carbocycles. The van der Waals surface area contributed by atoms with Gasteiger partial charge < -0.3 is 9.80 Å². The summed E-state index contributed by atoms with van der Waals surface area (Å²) >= 11 is 1.61. The van der Waals surface area contributed by atoms with E-state index in [2.05, 4.69) is 39.9 Å². The van der Waals surface area contributed by atoms with Crippen LogP contribution in [0, 0.1) is 5.92 Å². The molecule has 1 atom stereocenters. The van der Waals surface area contributed by atoms with Gasteiger partial charge in [-0.05, 0) is 25.3 Å². The number of likely N-dealkylation sites (tertiary alicyclic amines) is 1. The summed E-state index contributed by atoms with van der Waals surface area (Å²) in [7, 11) is 0. The molecule has 0 aliphatic carbocycles. The molecule has 2 aromatic rings. The first-order valence-corrected chi connectivity index (χ1v) is 10.0. The molecule has 1 saturated heterocycles. The summed E-state index contributed by atoms with van der Waals surface area (Å²) in [5, 5.41) is 5.82. The number of hydrogen-bond acceptors (Lipinski definition) is 6. The largest absolute Gasteiger partial charge is 0.370 e. The Labute approximate surface area is 163 Å². The minimum atomic E-state index is 0.711. The summed E-state index contributed by atoms with van der Waals surface area (Å²) in [6.07, 6.45) is 8.89. The molecule has 27 heavy (non-hydrogen) atoms. The highest BCUT2D eigenvalue weighted by atomic mass is 32.1. The Hall–Kier alpha value is -2.67. The Morgan fingerprint density at radius 2 is 2.30 bits per heavy atom. The van der Waals surface area contributed by atoms with Gasteiger partial charge >= 0.3 is 0 Å². The lowest BCUT2D eigenvalue weighted by Gasteiger charge is -2.17. The summed E-state index contributed by atoms with van der Waals surface area (Å²) in [6.45, 7) is 15.5. The lowest BCUT2D eigenvalue weighted by Crippen LogP contribution is -2.19. The monoisotopic (exact) mass is 380 g/mol. The van der Waals surface area contributed by atoms with Crippen molar-refractivity contribution in [2.24, 2.45) is 10.9 Å². The van der Waals surface area contributed by atoms with E-state index in [-0.39, 0.29) is 0 Å². The van der Waals surface area contributed by atoms with E-state index < -0.39 is 0 Å². The first-order valence-electron chi connectivity index (χ1n) is 9.15. The predicted octanol–water partition coefficient (Wildman–Crippen LogP) is 4.08. The van der Waals surface area contributed by atoms with Crippen molar-refractivity contribution in [3.05, 3.63) is 54.1 Å². The molecule has 2 aliphatic heterocycles. The van der Waals surface area contributed by atoms with Crippen LogP contribution in [0.5, 0.6) is 0 Å². The predicted molar refractivity (Wildman–Crippen MR) is 112 cm³/mol. The highest BCUT2D eigenvalue weighted by Crippen LogP contribution is 2.37. The molecule has 4 heterocycles. The van der Waals surface area contributed by atoms with Crippen LogP contribution in [0.4, 0.5) is 5.00 Å². The van der Waals surface area contributed by atoms with Gasteiger partial charge in [-0.15, -0.1) is 11.3 Å². The fourth-order valence-corrected chi connectivity index (χ4v) is 4.17. The van der Waals surface area contributed by atoms with E-state index in [1.807, 2.05) is 41.8 Å². The number of anilines is 1. The van der Waals surface area contributed by atoms with Crippen molar-refractivity contribution < 1.29 is 0 Å². The van der Waals surface area contributed by atoms with E-state index in [0.29, 0.717) is 6.54 Å². The van der Waals surface area contributed by atoms with E-state index in [9.17, 15) is 0 Å². The normalized spacial score (nSPS) is 20.1. The number of nitrogens with zero attached hydrogens (tertiary/aromatic N) is 6. The van der Waals surface area contributed by atoms with Crippen LogP contribution >= 0.6 is 11.3 Å². The van der Waals surface area contributed by atoms with Gasteiger partial charge in [-0.1, -0.05) is 20.1 Å². The summed E-state index contributed by atoms with van der Waals surface area (Å²) in [5.74, 6) is 1.51. The van der Waals surface area contributed by atoms with Crippen molar-refractivity contribution in [2.75, 3.05) is 18.0 Å². The summed E-state index contributed by atoms with van der Waals surface area (Å²) in [4.78, 5) is 13.2. The number of thiazole rings is 1. The number of aliphatic imine (C=N–C) groups is 1. The van der Waals surface area contributed by atoms with Crippen LogP contribution in [-0.4, -0.2) is 39.0 Å². The van der Waals surface area contributed by atoms with E-state index in [1.54, 1.807) is 11.3 Å². The van der Waals surface area contributed by atoms with Gasteiger partial charge in [-0.25, -0.2) is 9.67 Å². The van der Waals surface area contributed by atoms with Crippen LogP contribution in [0.25, 0.3) is 11.5 Å². The van der Waals surface area contributed by atoms with Crippen molar-refractivity contribution in [1.82, 2.24) is 19.7 Å². The molecule has 0 amide bonds. The molecular weight excluding hydrogens is 356 g/mol. The number of fused-ring (bicyclic) bond motifs is 1. The molecular formula is C20H24N6S. The van der Waals surface area contributed by atoms with Crippen molar-refractivity contribution in [3.63, 3.8) is 0 Å². The average molecular weight is 381 g/mol. The summed E-state index contributed by atoms with van der Waals surface area (Å²) in [6, 6.07) is 0. The maximum atomic E-state index is 4.73. The average Bonchev–Trinajstić information content (AvgIpc) is 3.42.